The Kier molecular flexibility index (Phi) is 6.02. The third kappa shape index (κ3) is 5.53. The van der Waals surface area contributed by atoms with Gasteiger partial charge in [-0.2, -0.15) is 5.10 Å². The highest BCUT2D eigenvalue weighted by Crippen LogP contribution is 2.34. The summed E-state index contributed by atoms with van der Waals surface area (Å²) >= 11 is 0. The van der Waals surface area contributed by atoms with E-state index in [-0.39, 0.29) is 11.1 Å². The van der Waals surface area contributed by atoms with Crippen LogP contribution < -0.4 is 9.11 Å². The number of hydrogen-bond donors (Lipinski definition) is 2. The third-order valence-corrected chi connectivity index (χ3v) is 13.1. The van der Waals surface area contributed by atoms with E-state index >= 15 is 0 Å². The van der Waals surface area contributed by atoms with E-state index in [1.807, 2.05) is 13.2 Å². The Morgan fingerprint density at radius 3 is 2.56 bits per heavy atom. The molecule has 1 aromatic heterocycles. The van der Waals surface area contributed by atoms with Gasteiger partial charge < -0.3 is 4.90 Å². The fourth-order valence-corrected chi connectivity index (χ4v) is 8.12. The lowest BCUT2D eigenvalue weighted by molar-refractivity contribution is 0.253. The Labute approximate surface area is 154 Å². The maximum atomic E-state index is 13.8. The lowest BCUT2D eigenvalue weighted by atomic mass is 10.1. The van der Waals surface area contributed by atoms with E-state index in [1.54, 1.807) is 10.9 Å². The van der Waals surface area contributed by atoms with Crippen LogP contribution in [0.5, 0.6) is 0 Å². The van der Waals surface area contributed by atoms with Crippen LogP contribution >= 0.6 is 0 Å². The zero-order valence-electron chi connectivity index (χ0n) is 16.7. The molecule has 2 rings (SSSR count). The largest absolute Gasteiger partial charge is 0.304 e. The van der Waals surface area contributed by atoms with E-state index in [0.717, 1.165) is 31.6 Å². The van der Waals surface area contributed by atoms with Crippen LogP contribution in [0.4, 0.5) is 5.69 Å². The fourth-order valence-electron chi connectivity index (χ4n) is 2.65. The first kappa shape index (κ1) is 20.4. The molecule has 0 bridgehead atoms. The number of anilines is 1. The molecule has 0 aliphatic carbocycles. The van der Waals surface area contributed by atoms with E-state index in [1.165, 1.54) is 0 Å². The molecule has 1 aromatic rings. The number of likely N-dealkylation sites (N-methyl/N-ethyl adjacent to an activating group) is 1. The molecule has 1 fully saturated rings. The van der Waals surface area contributed by atoms with Gasteiger partial charge >= 0.3 is 0 Å². The minimum absolute atomic E-state index is 0.0607. The molecule has 0 spiro atoms. The summed E-state index contributed by atoms with van der Waals surface area (Å²) in [6.45, 7) is 12.9. The van der Waals surface area contributed by atoms with Gasteiger partial charge in [-0.05, 0) is 31.5 Å². The summed E-state index contributed by atoms with van der Waals surface area (Å²) in [5.41, 5.74) is 0.728. The number of hydrogen-bond acceptors (Lipinski definition) is 4. The first-order valence-corrected chi connectivity index (χ1v) is 13.4. The van der Waals surface area contributed by atoms with E-state index in [0.29, 0.717) is 0 Å². The second kappa shape index (κ2) is 7.38. The van der Waals surface area contributed by atoms with Crippen molar-refractivity contribution in [1.29, 1.82) is 0 Å². The molecule has 1 saturated heterocycles. The second-order valence-corrected chi connectivity index (χ2v) is 15.7. The van der Waals surface area contributed by atoms with Crippen molar-refractivity contribution in [2.24, 2.45) is 11.4 Å². The summed E-state index contributed by atoms with van der Waals surface area (Å²) in [5.74, 6) is 0. The average Bonchev–Trinajstić information content (AvgIpc) is 2.81. The molecule has 25 heavy (non-hydrogen) atoms. The molecule has 2 heterocycles. The number of piperidine rings is 1. The summed E-state index contributed by atoms with van der Waals surface area (Å²) in [6.07, 6.45) is 5.59. The molecular weight excluding hydrogens is 352 g/mol. The summed E-state index contributed by atoms with van der Waals surface area (Å²) < 4.78 is 26.9. The van der Waals surface area contributed by atoms with Crippen molar-refractivity contribution >= 4 is 24.0 Å². The number of nitrogens with zero attached hydrogens (tertiary/aromatic N) is 4. The van der Waals surface area contributed by atoms with Crippen molar-refractivity contribution in [3.63, 3.8) is 0 Å². The highest BCUT2D eigenvalue weighted by Gasteiger charge is 2.39. The van der Waals surface area contributed by atoms with Gasteiger partial charge in [-0.1, -0.05) is 33.9 Å². The minimum atomic E-state index is -2.79. The lowest BCUT2D eigenvalue weighted by Gasteiger charge is -2.38. The molecule has 1 aliphatic rings. The van der Waals surface area contributed by atoms with E-state index in [4.69, 9.17) is 4.36 Å². The minimum Gasteiger partial charge on any atom is -0.304 e. The summed E-state index contributed by atoms with van der Waals surface area (Å²) in [4.78, 5) is 2.26. The van der Waals surface area contributed by atoms with Crippen molar-refractivity contribution in [3.8, 4) is 0 Å². The smallest absolute Gasteiger partial charge is 0.189 e. The number of rotatable bonds is 5. The molecule has 0 saturated carbocycles. The molecule has 0 aromatic carbocycles. The maximum Gasteiger partial charge on any atom is 0.189 e. The SMILES string of the molecule is CN1CCCC(N=S(=O)(Nc2cnn(C)c2)N[Si](C)(C)C(C)(C)C)C1. The Hall–Kier alpha value is -0.903. The van der Waals surface area contributed by atoms with Crippen molar-refractivity contribution in [2.45, 2.75) is 57.8 Å². The van der Waals surface area contributed by atoms with E-state index < -0.39 is 18.3 Å². The highest BCUT2D eigenvalue weighted by molar-refractivity contribution is 7.94. The number of nitrogens with one attached hydrogen (secondary N) is 2. The Bertz CT molecular complexity index is 702. The van der Waals surface area contributed by atoms with Crippen LogP contribution in [-0.4, -0.2) is 53.3 Å². The molecule has 2 atom stereocenters. The molecule has 1 aliphatic heterocycles. The Balaban J connectivity index is 2.34. The van der Waals surface area contributed by atoms with Gasteiger partial charge in [0.1, 0.15) is 8.24 Å². The summed E-state index contributed by atoms with van der Waals surface area (Å²) in [5, 5.41) is 4.23. The van der Waals surface area contributed by atoms with Crippen molar-refractivity contribution < 1.29 is 4.21 Å². The molecule has 0 amide bonds. The molecule has 144 valence electrons. The van der Waals surface area contributed by atoms with E-state index in [9.17, 15) is 4.21 Å². The van der Waals surface area contributed by atoms with Crippen molar-refractivity contribution in [2.75, 3.05) is 24.9 Å². The summed E-state index contributed by atoms with van der Waals surface area (Å²) in [6, 6.07) is 0.0766. The van der Waals surface area contributed by atoms with Gasteiger partial charge in [0.15, 0.2) is 10.1 Å². The van der Waals surface area contributed by atoms with Gasteiger partial charge in [-0.25, -0.2) is 13.0 Å². The zero-order valence-corrected chi connectivity index (χ0v) is 18.5. The molecule has 2 unspecified atom stereocenters. The molecule has 0 radical (unpaired) electrons. The van der Waals surface area contributed by atoms with Gasteiger partial charge in [0.25, 0.3) is 0 Å². The Morgan fingerprint density at radius 1 is 1.36 bits per heavy atom. The van der Waals surface area contributed by atoms with Gasteiger partial charge in [0, 0.05) is 19.8 Å². The number of aryl methyl sites for hydroxylation is 1. The fraction of sp³-hybridized carbons (Fsp3) is 0.812. The van der Waals surface area contributed by atoms with Crippen LogP contribution in [0.1, 0.15) is 33.6 Å². The van der Waals surface area contributed by atoms with Crippen molar-refractivity contribution in [3.05, 3.63) is 12.4 Å². The van der Waals surface area contributed by atoms with Crippen LogP contribution in [0.3, 0.4) is 0 Å². The Morgan fingerprint density at radius 2 is 2.04 bits per heavy atom. The number of aromatic nitrogens is 2. The predicted octanol–water partition coefficient (Wildman–Crippen LogP) is 2.82. The molecular formula is C16H34N6OSSi. The second-order valence-electron chi connectivity index (χ2n) is 8.67. The molecule has 2 N–H and O–H groups in total. The van der Waals surface area contributed by atoms with Crippen LogP contribution in [0, 0.1) is 0 Å². The zero-order chi connectivity index (χ0) is 18.9. The average molecular weight is 387 g/mol. The monoisotopic (exact) mass is 386 g/mol. The number of likely N-dealkylation sites (tertiary alicyclic amines) is 1. The third-order valence-electron chi connectivity index (χ3n) is 5.13. The van der Waals surface area contributed by atoms with Gasteiger partial charge in [-0.3, -0.25) is 9.40 Å². The van der Waals surface area contributed by atoms with Gasteiger partial charge in [0.05, 0.1) is 17.9 Å². The van der Waals surface area contributed by atoms with E-state index in [2.05, 4.69) is 60.0 Å². The first-order chi connectivity index (χ1) is 11.4. The maximum absolute atomic E-state index is 13.8. The summed E-state index contributed by atoms with van der Waals surface area (Å²) in [7, 11) is -0.852. The van der Waals surface area contributed by atoms with Crippen LogP contribution in [0.2, 0.25) is 18.1 Å². The molecule has 7 nitrogen and oxygen atoms in total. The standard InChI is InChI=1S/C16H34N6OSSi/c1-16(2,3)25(6,7)20-24(23,19-15-11-17-22(5)13-15)18-14-9-8-10-21(4)12-14/h11,13-14H,8-10,12H2,1-7H3,(H2,18,19,20,23). The lowest BCUT2D eigenvalue weighted by Crippen LogP contribution is -2.56. The van der Waals surface area contributed by atoms with Crippen molar-refractivity contribution in [1.82, 2.24) is 19.1 Å². The van der Waals surface area contributed by atoms with Gasteiger partial charge in [-0.15, -0.1) is 0 Å². The predicted molar refractivity (Wildman–Crippen MR) is 108 cm³/mol. The molecule has 9 heteroatoms. The van der Waals surface area contributed by atoms with Crippen LogP contribution in [0.15, 0.2) is 16.8 Å². The van der Waals surface area contributed by atoms with Gasteiger partial charge in [0.2, 0.25) is 0 Å². The highest BCUT2D eigenvalue weighted by atomic mass is 32.2. The first-order valence-electron chi connectivity index (χ1n) is 8.90. The normalized spacial score (nSPS) is 22.4. The topological polar surface area (TPSA) is 74.5 Å². The van der Waals surface area contributed by atoms with Crippen LogP contribution in [-0.2, 0) is 17.1 Å². The quantitative estimate of drug-likeness (QED) is 0.764. The van der Waals surface area contributed by atoms with Crippen LogP contribution in [0.25, 0.3) is 0 Å².